The van der Waals surface area contributed by atoms with Crippen molar-refractivity contribution in [2.75, 3.05) is 5.73 Å². The summed E-state index contributed by atoms with van der Waals surface area (Å²) in [5.41, 5.74) is 4.52. The second-order valence-corrected chi connectivity index (χ2v) is 3.92. The first-order chi connectivity index (χ1) is 6.88. The molecule has 1 aromatic rings. The Kier molecular flexibility index (Phi) is 3.64. The fourth-order valence-corrected chi connectivity index (χ4v) is 1.71. The molecular weight excluding hydrogens is 275 g/mol. The Bertz CT molecular complexity index is 346. The topological polar surface area (TPSA) is 43.8 Å². The monoisotopic (exact) mass is 285 g/mol. The molecule has 1 rings (SSSR count). The lowest BCUT2D eigenvalue weighted by atomic mass is 10.3. The molecular formula is C8H11BrF3N3. The van der Waals surface area contributed by atoms with Crippen LogP contribution in [0.4, 0.5) is 19.0 Å². The highest BCUT2D eigenvalue weighted by atomic mass is 79.9. The third-order valence-corrected chi connectivity index (χ3v) is 2.69. The van der Waals surface area contributed by atoms with Gasteiger partial charge in [-0.2, -0.15) is 18.3 Å². The lowest BCUT2D eigenvalue weighted by molar-refractivity contribution is -0.144. The minimum absolute atomic E-state index is 0.126. The predicted octanol–water partition coefficient (Wildman–Crippen LogP) is 3.05. The molecule has 0 fully saturated rings. The minimum Gasteiger partial charge on any atom is -0.381 e. The molecule has 15 heavy (non-hydrogen) atoms. The van der Waals surface area contributed by atoms with Crippen LogP contribution >= 0.6 is 15.9 Å². The molecule has 0 atom stereocenters. The van der Waals surface area contributed by atoms with E-state index in [4.69, 9.17) is 5.73 Å². The normalized spacial score (nSPS) is 12.1. The van der Waals surface area contributed by atoms with Gasteiger partial charge in [0.05, 0.1) is 4.47 Å². The van der Waals surface area contributed by atoms with E-state index in [-0.39, 0.29) is 16.8 Å². The fraction of sp³-hybridized carbons (Fsp3) is 0.625. The Morgan fingerprint density at radius 1 is 1.47 bits per heavy atom. The molecule has 2 N–H and O–H groups in total. The van der Waals surface area contributed by atoms with Gasteiger partial charge >= 0.3 is 6.18 Å². The van der Waals surface area contributed by atoms with Crippen molar-refractivity contribution in [3.63, 3.8) is 0 Å². The standard InChI is InChI=1S/C8H11BrF3N3/c1-2-3-4-15-6(8(10,11)12)5(9)7(13)14-15/h2-4H2,1H3,(H2,13,14). The van der Waals surface area contributed by atoms with Gasteiger partial charge in [-0.3, -0.25) is 4.68 Å². The maximum Gasteiger partial charge on any atom is 0.434 e. The van der Waals surface area contributed by atoms with E-state index in [1.165, 1.54) is 0 Å². The van der Waals surface area contributed by atoms with Gasteiger partial charge in [0.15, 0.2) is 11.5 Å². The number of nitrogens with zero attached hydrogens (tertiary/aromatic N) is 2. The van der Waals surface area contributed by atoms with Gasteiger partial charge in [0.25, 0.3) is 0 Å². The first-order valence-electron chi connectivity index (χ1n) is 4.47. The minimum atomic E-state index is -4.43. The maximum atomic E-state index is 12.6. The molecule has 0 unspecified atom stereocenters. The summed E-state index contributed by atoms with van der Waals surface area (Å²) < 4.78 is 38.5. The lowest BCUT2D eigenvalue weighted by Gasteiger charge is -2.09. The number of hydrogen-bond acceptors (Lipinski definition) is 2. The first kappa shape index (κ1) is 12.4. The van der Waals surface area contributed by atoms with Crippen molar-refractivity contribution < 1.29 is 13.2 Å². The zero-order valence-electron chi connectivity index (χ0n) is 8.10. The zero-order chi connectivity index (χ0) is 11.6. The molecule has 0 aliphatic rings. The molecule has 1 aromatic heterocycles. The molecule has 3 nitrogen and oxygen atoms in total. The Morgan fingerprint density at radius 2 is 2.07 bits per heavy atom. The van der Waals surface area contributed by atoms with Crippen LogP contribution in [0.3, 0.4) is 0 Å². The van der Waals surface area contributed by atoms with E-state index in [0.29, 0.717) is 6.42 Å². The van der Waals surface area contributed by atoms with E-state index in [0.717, 1.165) is 11.1 Å². The van der Waals surface area contributed by atoms with Crippen molar-refractivity contribution in [2.24, 2.45) is 0 Å². The van der Waals surface area contributed by atoms with Crippen molar-refractivity contribution in [1.29, 1.82) is 0 Å². The van der Waals surface area contributed by atoms with Crippen molar-refractivity contribution in [3.8, 4) is 0 Å². The summed E-state index contributed by atoms with van der Waals surface area (Å²) in [4.78, 5) is 0. The molecule has 0 aliphatic carbocycles. The average Bonchev–Trinajstić information content (AvgIpc) is 2.38. The van der Waals surface area contributed by atoms with Gasteiger partial charge in [-0.15, -0.1) is 0 Å². The molecule has 0 saturated carbocycles. The van der Waals surface area contributed by atoms with Crippen LogP contribution < -0.4 is 5.73 Å². The SMILES string of the molecule is CCCCn1nc(N)c(Br)c1C(F)(F)F. The number of halogens is 4. The number of anilines is 1. The van der Waals surface area contributed by atoms with E-state index in [9.17, 15) is 13.2 Å². The summed E-state index contributed by atoms with van der Waals surface area (Å²) in [5, 5.41) is 3.64. The smallest absolute Gasteiger partial charge is 0.381 e. The Labute approximate surface area is 93.6 Å². The van der Waals surface area contributed by atoms with Crippen molar-refractivity contribution in [3.05, 3.63) is 10.2 Å². The highest BCUT2D eigenvalue weighted by molar-refractivity contribution is 9.10. The zero-order valence-corrected chi connectivity index (χ0v) is 9.69. The van der Waals surface area contributed by atoms with E-state index in [1.807, 2.05) is 6.92 Å². The number of aryl methyl sites for hydroxylation is 1. The largest absolute Gasteiger partial charge is 0.434 e. The highest BCUT2D eigenvalue weighted by Crippen LogP contribution is 2.37. The molecule has 0 aromatic carbocycles. The summed E-state index contributed by atoms with van der Waals surface area (Å²) >= 11 is 2.80. The molecule has 0 aliphatic heterocycles. The summed E-state index contributed by atoms with van der Waals surface area (Å²) in [6, 6.07) is 0. The van der Waals surface area contributed by atoms with Gasteiger partial charge in [-0.25, -0.2) is 0 Å². The van der Waals surface area contributed by atoms with Crippen LogP contribution in [-0.4, -0.2) is 9.78 Å². The van der Waals surface area contributed by atoms with E-state index in [1.54, 1.807) is 0 Å². The molecule has 0 radical (unpaired) electrons. The average molecular weight is 286 g/mol. The molecule has 7 heteroatoms. The lowest BCUT2D eigenvalue weighted by Crippen LogP contribution is -2.15. The van der Waals surface area contributed by atoms with Crippen LogP contribution in [-0.2, 0) is 12.7 Å². The molecule has 0 saturated heterocycles. The van der Waals surface area contributed by atoms with E-state index < -0.39 is 11.9 Å². The number of aromatic nitrogens is 2. The van der Waals surface area contributed by atoms with Gasteiger partial charge in [0.1, 0.15) is 0 Å². The van der Waals surface area contributed by atoms with E-state index in [2.05, 4.69) is 21.0 Å². The van der Waals surface area contributed by atoms with Crippen LogP contribution in [0.2, 0.25) is 0 Å². The maximum absolute atomic E-state index is 12.6. The van der Waals surface area contributed by atoms with Crippen molar-refractivity contribution >= 4 is 21.7 Å². The van der Waals surface area contributed by atoms with Crippen LogP contribution in [0.25, 0.3) is 0 Å². The van der Waals surface area contributed by atoms with Crippen LogP contribution in [0.15, 0.2) is 4.47 Å². The van der Waals surface area contributed by atoms with Crippen molar-refractivity contribution in [1.82, 2.24) is 9.78 Å². The number of nitrogen functional groups attached to an aromatic ring is 1. The number of hydrogen-bond donors (Lipinski definition) is 1. The first-order valence-corrected chi connectivity index (χ1v) is 5.26. The second-order valence-electron chi connectivity index (χ2n) is 3.12. The van der Waals surface area contributed by atoms with Crippen LogP contribution in [0.1, 0.15) is 25.5 Å². The van der Waals surface area contributed by atoms with Crippen LogP contribution in [0, 0.1) is 0 Å². The predicted molar refractivity (Wildman–Crippen MR) is 54.2 cm³/mol. The number of alkyl halides is 3. The second kappa shape index (κ2) is 4.42. The highest BCUT2D eigenvalue weighted by Gasteiger charge is 2.38. The van der Waals surface area contributed by atoms with Crippen LogP contribution in [0.5, 0.6) is 0 Å². The molecule has 0 bridgehead atoms. The fourth-order valence-electron chi connectivity index (χ4n) is 1.20. The molecule has 0 spiro atoms. The Balaban J connectivity index is 3.10. The molecule has 86 valence electrons. The Hall–Kier alpha value is -0.720. The van der Waals surface area contributed by atoms with Gasteiger partial charge < -0.3 is 5.73 Å². The quantitative estimate of drug-likeness (QED) is 0.928. The van der Waals surface area contributed by atoms with Gasteiger partial charge in [-0.05, 0) is 22.4 Å². The number of rotatable bonds is 3. The Morgan fingerprint density at radius 3 is 2.53 bits per heavy atom. The summed E-state index contributed by atoms with van der Waals surface area (Å²) in [6.45, 7) is 2.12. The van der Waals surface area contributed by atoms with E-state index >= 15 is 0 Å². The number of unbranched alkanes of at least 4 members (excludes halogenated alkanes) is 1. The summed E-state index contributed by atoms with van der Waals surface area (Å²) in [5.74, 6) is -0.126. The summed E-state index contributed by atoms with van der Waals surface area (Å²) in [6.07, 6.45) is -3.00. The van der Waals surface area contributed by atoms with Gasteiger partial charge in [0.2, 0.25) is 0 Å². The molecule has 1 heterocycles. The molecule has 0 amide bonds. The third kappa shape index (κ3) is 2.64. The van der Waals surface area contributed by atoms with Gasteiger partial charge in [0, 0.05) is 6.54 Å². The van der Waals surface area contributed by atoms with Gasteiger partial charge in [-0.1, -0.05) is 13.3 Å². The number of nitrogens with two attached hydrogens (primary N) is 1. The van der Waals surface area contributed by atoms with Crippen molar-refractivity contribution in [2.45, 2.75) is 32.5 Å². The third-order valence-electron chi connectivity index (χ3n) is 1.91. The summed E-state index contributed by atoms with van der Waals surface area (Å²) in [7, 11) is 0.